The van der Waals surface area contributed by atoms with Gasteiger partial charge in [0.25, 0.3) is 0 Å². The number of hydrogen-bond donors (Lipinski definition) is 1. The van der Waals surface area contributed by atoms with Crippen LogP contribution < -0.4 is 0 Å². The fourth-order valence-corrected chi connectivity index (χ4v) is 1.76. The maximum atomic E-state index is 4.28. The molecule has 0 atom stereocenters. The molecule has 3 heteroatoms. The fraction of sp³-hybridized carbons (Fsp3) is 0. The molecule has 2 heterocycles. The Labute approximate surface area is 98.9 Å². The predicted octanol–water partition coefficient (Wildman–Crippen LogP) is 3.13. The Morgan fingerprint density at radius 1 is 0.941 bits per heavy atom. The largest absolute Gasteiger partial charge is 0.346 e. The average molecular weight is 221 g/mol. The molecule has 1 N–H and O–H groups in total. The zero-order valence-corrected chi connectivity index (χ0v) is 9.17. The van der Waals surface area contributed by atoms with Crippen LogP contribution in [-0.4, -0.2) is 15.0 Å². The van der Waals surface area contributed by atoms with Crippen molar-refractivity contribution in [2.45, 2.75) is 0 Å². The first-order valence-corrected chi connectivity index (χ1v) is 5.45. The first-order valence-electron chi connectivity index (χ1n) is 5.45. The van der Waals surface area contributed by atoms with Crippen molar-refractivity contribution in [1.29, 1.82) is 0 Å². The van der Waals surface area contributed by atoms with Gasteiger partial charge in [-0.15, -0.1) is 0 Å². The molecule has 0 aliphatic carbocycles. The van der Waals surface area contributed by atoms with Crippen LogP contribution in [0.5, 0.6) is 0 Å². The molecular formula is C14H11N3. The maximum absolute atomic E-state index is 4.28. The third-order valence-corrected chi connectivity index (χ3v) is 2.62. The van der Waals surface area contributed by atoms with Crippen molar-refractivity contribution in [2.24, 2.45) is 0 Å². The normalized spacial score (nSPS) is 11.3. The second-order valence-electron chi connectivity index (χ2n) is 3.74. The molecule has 0 spiro atoms. The van der Waals surface area contributed by atoms with Crippen molar-refractivity contribution >= 4 is 23.2 Å². The van der Waals surface area contributed by atoms with Gasteiger partial charge in [0.1, 0.15) is 12.0 Å². The van der Waals surface area contributed by atoms with E-state index in [2.05, 4.69) is 33.2 Å². The molecule has 2 aromatic heterocycles. The summed E-state index contributed by atoms with van der Waals surface area (Å²) in [5.74, 6) is 0. The van der Waals surface area contributed by atoms with Crippen LogP contribution in [0.1, 0.15) is 11.3 Å². The third-order valence-electron chi connectivity index (χ3n) is 2.62. The molecule has 17 heavy (non-hydrogen) atoms. The molecule has 0 saturated heterocycles. The van der Waals surface area contributed by atoms with E-state index >= 15 is 0 Å². The number of nitrogens with zero attached hydrogens (tertiary/aromatic N) is 2. The van der Waals surface area contributed by atoms with Crippen LogP contribution >= 0.6 is 0 Å². The summed E-state index contributed by atoms with van der Waals surface area (Å²) in [6, 6.07) is 12.2. The number of H-pyrrole nitrogens is 1. The summed E-state index contributed by atoms with van der Waals surface area (Å²) in [5.41, 5.74) is 2.96. The van der Waals surface area contributed by atoms with Crippen molar-refractivity contribution < 1.29 is 0 Å². The summed E-state index contributed by atoms with van der Waals surface area (Å²) in [5, 5.41) is 1.04. The van der Waals surface area contributed by atoms with E-state index in [9.17, 15) is 0 Å². The van der Waals surface area contributed by atoms with Gasteiger partial charge in [0.05, 0.1) is 5.69 Å². The van der Waals surface area contributed by atoms with E-state index in [0.717, 1.165) is 22.3 Å². The van der Waals surface area contributed by atoms with Crippen LogP contribution in [0, 0.1) is 0 Å². The molecule has 3 rings (SSSR count). The van der Waals surface area contributed by atoms with Crippen LogP contribution in [0.2, 0.25) is 0 Å². The van der Waals surface area contributed by atoms with Crippen LogP contribution in [-0.2, 0) is 0 Å². The molecule has 1 aromatic carbocycles. The van der Waals surface area contributed by atoms with E-state index in [-0.39, 0.29) is 0 Å². The zero-order valence-electron chi connectivity index (χ0n) is 9.17. The molecule has 0 bridgehead atoms. The minimum atomic E-state index is 0.868. The highest BCUT2D eigenvalue weighted by Crippen LogP contribution is 2.15. The van der Waals surface area contributed by atoms with Crippen molar-refractivity contribution in [3.63, 3.8) is 0 Å². The quantitative estimate of drug-likeness (QED) is 0.722. The van der Waals surface area contributed by atoms with Gasteiger partial charge < -0.3 is 4.98 Å². The van der Waals surface area contributed by atoms with Gasteiger partial charge in [0.2, 0.25) is 0 Å². The standard InChI is InChI=1S/C14H11N3/c1-2-4-11(5-3-1)6-7-13-12-8-9-15-14(12)17-10-16-13/h1-10H,(H,15,16,17). The predicted molar refractivity (Wildman–Crippen MR) is 69.3 cm³/mol. The van der Waals surface area contributed by atoms with E-state index in [4.69, 9.17) is 0 Å². The van der Waals surface area contributed by atoms with Gasteiger partial charge in [-0.05, 0) is 17.7 Å². The lowest BCUT2D eigenvalue weighted by molar-refractivity contribution is 1.19. The second kappa shape index (κ2) is 4.22. The maximum Gasteiger partial charge on any atom is 0.141 e. The molecule has 0 unspecified atom stereocenters. The van der Waals surface area contributed by atoms with Crippen LogP contribution in [0.25, 0.3) is 23.2 Å². The van der Waals surface area contributed by atoms with Crippen LogP contribution in [0.3, 0.4) is 0 Å². The number of rotatable bonds is 2. The lowest BCUT2D eigenvalue weighted by Crippen LogP contribution is -1.84. The molecule has 82 valence electrons. The number of fused-ring (bicyclic) bond motifs is 1. The van der Waals surface area contributed by atoms with Gasteiger partial charge in [0.15, 0.2) is 0 Å². The minimum Gasteiger partial charge on any atom is -0.346 e. The Morgan fingerprint density at radius 3 is 2.71 bits per heavy atom. The van der Waals surface area contributed by atoms with E-state index < -0.39 is 0 Å². The number of hydrogen-bond acceptors (Lipinski definition) is 2. The Bertz CT molecular complexity index is 653. The summed E-state index contributed by atoms with van der Waals surface area (Å²) in [4.78, 5) is 11.5. The van der Waals surface area contributed by atoms with Gasteiger partial charge in [-0.2, -0.15) is 0 Å². The molecule has 0 aliphatic rings. The van der Waals surface area contributed by atoms with Crippen LogP contribution in [0.4, 0.5) is 0 Å². The Kier molecular flexibility index (Phi) is 2.43. The highest BCUT2D eigenvalue weighted by atomic mass is 14.9. The summed E-state index contributed by atoms with van der Waals surface area (Å²) in [6.45, 7) is 0. The Morgan fingerprint density at radius 2 is 1.82 bits per heavy atom. The van der Waals surface area contributed by atoms with Crippen molar-refractivity contribution in [2.75, 3.05) is 0 Å². The van der Waals surface area contributed by atoms with Crippen molar-refractivity contribution in [1.82, 2.24) is 15.0 Å². The topological polar surface area (TPSA) is 41.6 Å². The summed E-state index contributed by atoms with van der Waals surface area (Å²) < 4.78 is 0. The summed E-state index contributed by atoms with van der Waals surface area (Å²) in [7, 11) is 0. The number of nitrogens with one attached hydrogen (secondary N) is 1. The molecule has 0 amide bonds. The second-order valence-corrected chi connectivity index (χ2v) is 3.74. The van der Waals surface area contributed by atoms with Gasteiger partial charge in [-0.3, -0.25) is 0 Å². The summed E-state index contributed by atoms with van der Waals surface area (Å²) >= 11 is 0. The molecule has 0 saturated carbocycles. The summed E-state index contributed by atoms with van der Waals surface area (Å²) in [6.07, 6.45) is 7.50. The van der Waals surface area contributed by atoms with Gasteiger partial charge in [0, 0.05) is 11.6 Å². The average Bonchev–Trinajstić information content (AvgIpc) is 2.86. The van der Waals surface area contributed by atoms with Gasteiger partial charge in [-0.25, -0.2) is 9.97 Å². The first kappa shape index (κ1) is 9.78. The van der Waals surface area contributed by atoms with E-state index in [0.29, 0.717) is 0 Å². The van der Waals surface area contributed by atoms with Crippen molar-refractivity contribution in [3.05, 3.63) is 60.2 Å². The number of aromatic nitrogens is 3. The van der Waals surface area contributed by atoms with Crippen molar-refractivity contribution in [3.8, 4) is 0 Å². The van der Waals surface area contributed by atoms with Gasteiger partial charge in [-0.1, -0.05) is 36.4 Å². The third kappa shape index (κ3) is 1.95. The molecule has 0 aliphatic heterocycles. The Balaban J connectivity index is 2.00. The van der Waals surface area contributed by atoms with Gasteiger partial charge >= 0.3 is 0 Å². The number of aromatic amines is 1. The Hall–Kier alpha value is -2.42. The molecular weight excluding hydrogens is 210 g/mol. The minimum absolute atomic E-state index is 0.868. The monoisotopic (exact) mass is 221 g/mol. The highest BCUT2D eigenvalue weighted by molar-refractivity contribution is 5.86. The SMILES string of the molecule is C(=Cc1ncnc2[nH]ccc12)c1ccccc1. The van der Waals surface area contributed by atoms with Crippen LogP contribution in [0.15, 0.2) is 48.9 Å². The fourth-order valence-electron chi connectivity index (χ4n) is 1.76. The number of benzene rings is 1. The molecule has 0 fully saturated rings. The molecule has 3 nitrogen and oxygen atoms in total. The van der Waals surface area contributed by atoms with E-state index in [1.807, 2.05) is 36.5 Å². The zero-order chi connectivity index (χ0) is 11.5. The highest BCUT2D eigenvalue weighted by Gasteiger charge is 2.00. The molecule has 3 aromatic rings. The van der Waals surface area contributed by atoms with E-state index in [1.54, 1.807) is 6.33 Å². The first-order chi connectivity index (χ1) is 8.43. The smallest absolute Gasteiger partial charge is 0.141 e. The molecule has 0 radical (unpaired) electrons. The lowest BCUT2D eigenvalue weighted by atomic mass is 10.2. The van der Waals surface area contributed by atoms with E-state index in [1.165, 1.54) is 0 Å². The lowest BCUT2D eigenvalue weighted by Gasteiger charge is -1.95.